The molecule has 1 amide bonds. The Morgan fingerprint density at radius 1 is 1.21 bits per heavy atom. The van der Waals surface area contributed by atoms with E-state index in [9.17, 15) is 18.0 Å². The van der Waals surface area contributed by atoms with Crippen LogP contribution in [0.4, 0.5) is 5.69 Å². The lowest BCUT2D eigenvalue weighted by Gasteiger charge is -2.11. The summed E-state index contributed by atoms with van der Waals surface area (Å²) in [5, 5.41) is 10.8. The second-order valence-corrected chi connectivity index (χ2v) is 7.12. The number of anilines is 1. The van der Waals surface area contributed by atoms with Gasteiger partial charge in [0.25, 0.3) is 0 Å². The van der Waals surface area contributed by atoms with Gasteiger partial charge in [0.05, 0.1) is 6.10 Å². The minimum atomic E-state index is -3.84. The Bertz CT molecular complexity index is 655. The Morgan fingerprint density at radius 2 is 1.83 bits per heavy atom. The molecule has 1 aromatic carbocycles. The maximum absolute atomic E-state index is 11.9. The van der Waals surface area contributed by atoms with Gasteiger partial charge >= 0.3 is 5.97 Å². The van der Waals surface area contributed by atoms with Crippen molar-refractivity contribution >= 4 is 27.6 Å². The maximum Gasteiger partial charge on any atom is 0.303 e. The van der Waals surface area contributed by atoms with Crippen molar-refractivity contribution in [3.05, 3.63) is 24.3 Å². The molecule has 0 aromatic heterocycles. The molecule has 24 heavy (non-hydrogen) atoms. The normalized spacial score (nSPS) is 11.1. The molecule has 8 nitrogen and oxygen atoms in total. The number of sulfonamides is 1. The van der Waals surface area contributed by atoms with Crippen molar-refractivity contribution in [2.24, 2.45) is 0 Å². The molecule has 9 heteroatoms. The molecule has 0 atom stereocenters. The number of ether oxygens (including phenoxy) is 1. The molecule has 0 unspecified atom stereocenters. The number of hydrogen-bond acceptors (Lipinski definition) is 5. The predicted octanol–water partition coefficient (Wildman–Crippen LogP) is 1.20. The number of carbonyl (C=O) groups is 2. The molecule has 0 saturated carbocycles. The van der Waals surface area contributed by atoms with Gasteiger partial charge in [-0.2, -0.15) is 0 Å². The molecule has 3 N–H and O–H groups in total. The lowest BCUT2D eigenvalue weighted by molar-refractivity contribution is -0.137. The van der Waals surface area contributed by atoms with Crippen molar-refractivity contribution < 1.29 is 27.9 Å². The third kappa shape index (κ3) is 8.37. The van der Waals surface area contributed by atoms with E-state index in [1.165, 1.54) is 0 Å². The first-order chi connectivity index (χ1) is 11.2. The molecular weight excluding hydrogens is 336 g/mol. The first kappa shape index (κ1) is 19.8. The standard InChI is InChI=1S/C15H22N2O6S/c1-11(2)23-13-7-5-12(6-8-13)17-24(21,22)10-14(18)16-9-3-4-15(19)20/h5-8,11,17H,3-4,9-10H2,1-2H3,(H,16,18)(H,19,20). The van der Waals surface area contributed by atoms with Crippen LogP contribution in [0.5, 0.6) is 5.75 Å². The molecule has 0 spiro atoms. The molecule has 0 saturated heterocycles. The van der Waals surface area contributed by atoms with E-state index in [4.69, 9.17) is 9.84 Å². The van der Waals surface area contributed by atoms with Gasteiger partial charge in [-0.05, 0) is 44.5 Å². The van der Waals surface area contributed by atoms with Crippen LogP contribution in [0.15, 0.2) is 24.3 Å². The van der Waals surface area contributed by atoms with Gasteiger partial charge in [0.15, 0.2) is 0 Å². The Kier molecular flexibility index (Phi) is 7.50. The van der Waals surface area contributed by atoms with Crippen molar-refractivity contribution in [3.8, 4) is 5.75 Å². The van der Waals surface area contributed by atoms with E-state index in [1.807, 2.05) is 13.8 Å². The molecule has 134 valence electrons. The van der Waals surface area contributed by atoms with Crippen LogP contribution in [0.1, 0.15) is 26.7 Å². The summed E-state index contributed by atoms with van der Waals surface area (Å²) in [7, 11) is -3.84. The Labute approximate surface area is 141 Å². The Balaban J connectivity index is 2.47. The zero-order valence-corrected chi connectivity index (χ0v) is 14.4. The van der Waals surface area contributed by atoms with Crippen LogP contribution in [0.25, 0.3) is 0 Å². The SMILES string of the molecule is CC(C)Oc1ccc(NS(=O)(=O)CC(=O)NCCCC(=O)O)cc1. The summed E-state index contributed by atoms with van der Waals surface area (Å²) >= 11 is 0. The van der Waals surface area contributed by atoms with Crippen LogP contribution in [0.2, 0.25) is 0 Å². The van der Waals surface area contributed by atoms with Crippen molar-refractivity contribution in [3.63, 3.8) is 0 Å². The number of carbonyl (C=O) groups excluding carboxylic acids is 1. The van der Waals surface area contributed by atoms with E-state index in [-0.39, 0.29) is 25.5 Å². The van der Waals surface area contributed by atoms with E-state index in [0.717, 1.165) is 0 Å². The molecule has 0 aliphatic carbocycles. The minimum absolute atomic E-state index is 0.0114. The first-order valence-electron chi connectivity index (χ1n) is 7.43. The zero-order valence-electron chi connectivity index (χ0n) is 13.6. The van der Waals surface area contributed by atoms with E-state index in [1.54, 1.807) is 24.3 Å². The highest BCUT2D eigenvalue weighted by Crippen LogP contribution is 2.17. The van der Waals surface area contributed by atoms with E-state index < -0.39 is 27.7 Å². The average Bonchev–Trinajstić information content (AvgIpc) is 2.44. The zero-order chi connectivity index (χ0) is 18.2. The highest BCUT2D eigenvalue weighted by Gasteiger charge is 2.16. The number of amides is 1. The first-order valence-corrected chi connectivity index (χ1v) is 9.09. The van der Waals surface area contributed by atoms with E-state index in [0.29, 0.717) is 11.4 Å². The van der Waals surface area contributed by atoms with Gasteiger partial charge in [0, 0.05) is 18.7 Å². The third-order valence-electron chi connectivity index (χ3n) is 2.71. The van der Waals surface area contributed by atoms with Gasteiger partial charge in [0.2, 0.25) is 15.9 Å². The summed E-state index contributed by atoms with van der Waals surface area (Å²) < 4.78 is 31.6. The number of aliphatic carboxylic acids is 1. The van der Waals surface area contributed by atoms with Crippen LogP contribution in [0, 0.1) is 0 Å². The second-order valence-electron chi connectivity index (χ2n) is 5.40. The number of rotatable bonds is 10. The third-order valence-corrected chi connectivity index (χ3v) is 3.90. The number of benzene rings is 1. The van der Waals surface area contributed by atoms with Crippen molar-refractivity contribution in [2.45, 2.75) is 32.8 Å². The largest absolute Gasteiger partial charge is 0.491 e. The van der Waals surface area contributed by atoms with Crippen LogP contribution < -0.4 is 14.8 Å². The summed E-state index contributed by atoms with van der Waals surface area (Å²) in [4.78, 5) is 21.9. The Morgan fingerprint density at radius 3 is 2.38 bits per heavy atom. The highest BCUT2D eigenvalue weighted by molar-refractivity contribution is 7.93. The fraction of sp³-hybridized carbons (Fsp3) is 0.467. The number of nitrogens with one attached hydrogen (secondary N) is 2. The molecule has 0 bridgehead atoms. The average molecular weight is 358 g/mol. The van der Waals surface area contributed by atoms with Gasteiger partial charge < -0.3 is 15.2 Å². The fourth-order valence-electron chi connectivity index (χ4n) is 1.78. The quantitative estimate of drug-likeness (QED) is 0.540. The van der Waals surface area contributed by atoms with E-state index in [2.05, 4.69) is 10.0 Å². The van der Waals surface area contributed by atoms with Gasteiger partial charge in [-0.3, -0.25) is 14.3 Å². The van der Waals surface area contributed by atoms with E-state index >= 15 is 0 Å². The topological polar surface area (TPSA) is 122 Å². The summed E-state index contributed by atoms with van der Waals surface area (Å²) in [6.45, 7) is 3.87. The molecule has 0 aliphatic rings. The van der Waals surface area contributed by atoms with Gasteiger partial charge in [-0.25, -0.2) is 8.42 Å². The van der Waals surface area contributed by atoms with Crippen molar-refractivity contribution in [1.29, 1.82) is 0 Å². The molecule has 0 fully saturated rings. The molecular formula is C15H22N2O6S. The van der Waals surface area contributed by atoms with Crippen molar-refractivity contribution in [1.82, 2.24) is 5.32 Å². The van der Waals surface area contributed by atoms with Crippen LogP contribution in [-0.2, 0) is 19.6 Å². The highest BCUT2D eigenvalue weighted by atomic mass is 32.2. The Hall–Kier alpha value is -2.29. The fourth-order valence-corrected chi connectivity index (χ4v) is 2.79. The lowest BCUT2D eigenvalue weighted by atomic mass is 10.3. The molecule has 1 aromatic rings. The van der Waals surface area contributed by atoms with Gasteiger partial charge in [-0.15, -0.1) is 0 Å². The number of carboxylic acid groups (broad SMARTS) is 1. The van der Waals surface area contributed by atoms with Crippen LogP contribution in [-0.4, -0.2) is 43.8 Å². The minimum Gasteiger partial charge on any atom is -0.491 e. The lowest BCUT2D eigenvalue weighted by Crippen LogP contribution is -2.33. The second kappa shape index (κ2) is 9.11. The van der Waals surface area contributed by atoms with Gasteiger partial charge in [-0.1, -0.05) is 0 Å². The van der Waals surface area contributed by atoms with Gasteiger partial charge in [0.1, 0.15) is 11.5 Å². The van der Waals surface area contributed by atoms with Crippen LogP contribution in [0.3, 0.4) is 0 Å². The molecule has 0 aliphatic heterocycles. The molecule has 1 rings (SSSR count). The van der Waals surface area contributed by atoms with Crippen LogP contribution >= 0.6 is 0 Å². The molecule has 0 radical (unpaired) electrons. The summed E-state index contributed by atoms with van der Waals surface area (Å²) in [6, 6.07) is 6.34. The monoisotopic (exact) mass is 358 g/mol. The summed E-state index contributed by atoms with van der Waals surface area (Å²) in [5.41, 5.74) is 0.324. The molecule has 0 heterocycles. The smallest absolute Gasteiger partial charge is 0.303 e. The predicted molar refractivity (Wildman–Crippen MR) is 89.5 cm³/mol. The summed E-state index contributed by atoms with van der Waals surface area (Å²) in [6.07, 6.45) is 0.166. The summed E-state index contributed by atoms with van der Waals surface area (Å²) in [5.74, 6) is -1.77. The number of hydrogen-bond donors (Lipinski definition) is 3. The van der Waals surface area contributed by atoms with Crippen molar-refractivity contribution in [2.75, 3.05) is 17.0 Å². The number of carboxylic acids is 1. The maximum atomic E-state index is 11.9.